The summed E-state index contributed by atoms with van der Waals surface area (Å²) in [5, 5.41) is 7.25. The Morgan fingerprint density at radius 2 is 1.81 bits per heavy atom. The van der Waals surface area contributed by atoms with Gasteiger partial charge in [-0.15, -0.1) is 10.2 Å². The number of halogens is 3. The van der Waals surface area contributed by atoms with Crippen molar-refractivity contribution in [1.29, 1.82) is 0 Å². The molecule has 3 nitrogen and oxygen atoms in total. The molecule has 1 aromatic heterocycles. The normalized spacial score (nSPS) is 10.8. The van der Waals surface area contributed by atoms with Gasteiger partial charge in [0.2, 0.25) is 5.28 Å². The average Bonchev–Trinajstić information content (AvgIpc) is 2.53. The van der Waals surface area contributed by atoms with Gasteiger partial charge in [0.05, 0.1) is 5.69 Å². The molecule has 0 atom stereocenters. The van der Waals surface area contributed by atoms with Crippen molar-refractivity contribution in [3.8, 4) is 5.69 Å². The molecule has 0 N–H and O–H groups in total. The molecule has 0 bridgehead atoms. The van der Waals surface area contributed by atoms with Crippen molar-refractivity contribution in [2.24, 2.45) is 0 Å². The summed E-state index contributed by atoms with van der Waals surface area (Å²) in [6.07, 6.45) is 0. The zero-order valence-electron chi connectivity index (χ0n) is 8.63. The molecular formula is C10H8ClF2N3. The number of nitrogens with zero attached hydrogens (tertiary/aromatic N) is 3. The highest BCUT2D eigenvalue weighted by Gasteiger charge is 2.14. The van der Waals surface area contributed by atoms with E-state index in [0.717, 1.165) is 12.1 Å². The smallest absolute Gasteiger partial charge is 0.229 e. The van der Waals surface area contributed by atoms with Gasteiger partial charge in [-0.1, -0.05) is 0 Å². The van der Waals surface area contributed by atoms with Crippen molar-refractivity contribution in [3.05, 3.63) is 40.4 Å². The Hall–Kier alpha value is -1.49. The van der Waals surface area contributed by atoms with E-state index in [1.807, 2.05) is 0 Å². The molecule has 0 aliphatic heterocycles. The molecule has 0 fully saturated rings. The lowest BCUT2D eigenvalue weighted by atomic mass is 10.2. The molecule has 2 aromatic rings. The fourth-order valence-electron chi connectivity index (χ4n) is 1.42. The topological polar surface area (TPSA) is 30.7 Å². The minimum Gasteiger partial charge on any atom is -0.267 e. The van der Waals surface area contributed by atoms with E-state index in [1.54, 1.807) is 6.92 Å². The predicted octanol–water partition coefficient (Wildman–Crippen LogP) is 2.82. The van der Waals surface area contributed by atoms with Crippen LogP contribution in [0.1, 0.15) is 11.4 Å². The standard InChI is InChI=1S/C10H8ClF2N3/c1-5-3-8(13)9(4-7(5)12)16-6(2)14-15-10(16)11/h3-4H,1-2H3. The van der Waals surface area contributed by atoms with E-state index in [9.17, 15) is 8.78 Å². The molecule has 16 heavy (non-hydrogen) atoms. The summed E-state index contributed by atoms with van der Waals surface area (Å²) in [7, 11) is 0. The molecule has 0 aliphatic rings. The third kappa shape index (κ3) is 1.67. The Bertz CT molecular complexity index is 532. The van der Waals surface area contributed by atoms with Crippen LogP contribution in [0.15, 0.2) is 12.1 Å². The van der Waals surface area contributed by atoms with Gasteiger partial charge in [-0.05, 0) is 37.1 Å². The predicted molar refractivity (Wildman–Crippen MR) is 55.8 cm³/mol. The minimum absolute atomic E-state index is 0.000321. The van der Waals surface area contributed by atoms with Crippen molar-refractivity contribution in [3.63, 3.8) is 0 Å². The van der Waals surface area contributed by atoms with Gasteiger partial charge in [0.15, 0.2) is 0 Å². The summed E-state index contributed by atoms with van der Waals surface area (Å²) in [5.41, 5.74) is 0.249. The van der Waals surface area contributed by atoms with E-state index in [1.165, 1.54) is 11.5 Å². The van der Waals surface area contributed by atoms with Crippen molar-refractivity contribution in [1.82, 2.24) is 14.8 Å². The van der Waals surface area contributed by atoms with Crippen molar-refractivity contribution in [2.45, 2.75) is 13.8 Å². The lowest BCUT2D eigenvalue weighted by Gasteiger charge is -2.08. The molecule has 0 spiro atoms. The molecule has 0 amide bonds. The van der Waals surface area contributed by atoms with Crippen LogP contribution in [-0.4, -0.2) is 14.8 Å². The zero-order valence-corrected chi connectivity index (χ0v) is 9.39. The number of aromatic nitrogens is 3. The summed E-state index contributed by atoms with van der Waals surface area (Å²) in [5.74, 6) is -0.670. The van der Waals surface area contributed by atoms with E-state index in [0.29, 0.717) is 5.82 Å². The summed E-state index contributed by atoms with van der Waals surface area (Å²) < 4.78 is 28.3. The second-order valence-corrected chi connectivity index (χ2v) is 3.74. The van der Waals surface area contributed by atoms with Crippen molar-refractivity contribution < 1.29 is 8.78 Å². The maximum absolute atomic E-state index is 13.7. The molecule has 0 radical (unpaired) electrons. The SMILES string of the molecule is Cc1cc(F)c(-n2c(C)nnc2Cl)cc1F. The van der Waals surface area contributed by atoms with Crippen LogP contribution in [-0.2, 0) is 0 Å². The summed E-state index contributed by atoms with van der Waals surface area (Å²) in [6.45, 7) is 3.10. The van der Waals surface area contributed by atoms with Crippen LogP contribution in [0, 0.1) is 25.5 Å². The number of hydrogen-bond acceptors (Lipinski definition) is 2. The number of hydrogen-bond donors (Lipinski definition) is 0. The van der Waals surface area contributed by atoms with Crippen molar-refractivity contribution in [2.75, 3.05) is 0 Å². The second kappa shape index (κ2) is 3.83. The first-order valence-corrected chi connectivity index (χ1v) is 4.92. The molecule has 0 aliphatic carbocycles. The van der Waals surface area contributed by atoms with Gasteiger partial charge in [-0.25, -0.2) is 8.78 Å². The molecule has 84 valence electrons. The molecule has 0 saturated heterocycles. The molecule has 0 saturated carbocycles. The van der Waals surface area contributed by atoms with Gasteiger partial charge in [-0.2, -0.15) is 0 Å². The van der Waals surface area contributed by atoms with Crippen LogP contribution >= 0.6 is 11.6 Å². The largest absolute Gasteiger partial charge is 0.267 e. The molecule has 0 unspecified atom stereocenters. The fraction of sp³-hybridized carbons (Fsp3) is 0.200. The maximum Gasteiger partial charge on any atom is 0.229 e. The van der Waals surface area contributed by atoms with Gasteiger partial charge in [-0.3, -0.25) is 4.57 Å². The minimum atomic E-state index is -0.566. The highest BCUT2D eigenvalue weighted by atomic mass is 35.5. The Morgan fingerprint density at radius 3 is 2.38 bits per heavy atom. The first-order valence-electron chi connectivity index (χ1n) is 4.54. The Labute approximate surface area is 95.7 Å². The van der Waals surface area contributed by atoms with E-state index >= 15 is 0 Å². The third-order valence-electron chi connectivity index (χ3n) is 2.25. The van der Waals surface area contributed by atoms with E-state index < -0.39 is 11.6 Å². The summed E-state index contributed by atoms with van der Waals surface area (Å²) in [6, 6.07) is 2.19. The molecule has 6 heteroatoms. The Balaban J connectivity index is 2.69. The lowest BCUT2D eigenvalue weighted by molar-refractivity contribution is 0.584. The molecular weight excluding hydrogens is 236 g/mol. The molecule has 2 rings (SSSR count). The average molecular weight is 244 g/mol. The highest BCUT2D eigenvalue weighted by Crippen LogP contribution is 2.22. The van der Waals surface area contributed by atoms with Gasteiger partial charge >= 0.3 is 0 Å². The Kier molecular flexibility index (Phi) is 2.63. The third-order valence-corrected chi connectivity index (χ3v) is 2.50. The first-order chi connectivity index (χ1) is 7.50. The quantitative estimate of drug-likeness (QED) is 0.771. The van der Waals surface area contributed by atoms with Gasteiger partial charge < -0.3 is 0 Å². The van der Waals surface area contributed by atoms with Crippen LogP contribution < -0.4 is 0 Å². The van der Waals surface area contributed by atoms with Gasteiger partial charge in [0.1, 0.15) is 17.5 Å². The highest BCUT2D eigenvalue weighted by molar-refractivity contribution is 6.28. The summed E-state index contributed by atoms with van der Waals surface area (Å²) >= 11 is 5.74. The molecule has 1 heterocycles. The fourth-order valence-corrected chi connectivity index (χ4v) is 1.67. The second-order valence-electron chi connectivity index (χ2n) is 3.40. The van der Waals surface area contributed by atoms with Crippen LogP contribution in [0.3, 0.4) is 0 Å². The Morgan fingerprint density at radius 1 is 1.12 bits per heavy atom. The van der Waals surface area contributed by atoms with E-state index in [-0.39, 0.29) is 16.5 Å². The van der Waals surface area contributed by atoms with Crippen LogP contribution in [0.5, 0.6) is 0 Å². The first kappa shape index (κ1) is 11.0. The van der Waals surface area contributed by atoms with Gasteiger partial charge in [0.25, 0.3) is 0 Å². The van der Waals surface area contributed by atoms with Crippen LogP contribution in [0.4, 0.5) is 8.78 Å². The number of benzene rings is 1. The van der Waals surface area contributed by atoms with Crippen LogP contribution in [0.2, 0.25) is 5.28 Å². The lowest BCUT2D eigenvalue weighted by Crippen LogP contribution is -2.02. The number of rotatable bonds is 1. The van der Waals surface area contributed by atoms with Crippen LogP contribution in [0.25, 0.3) is 5.69 Å². The number of aryl methyl sites for hydroxylation is 2. The van der Waals surface area contributed by atoms with Gasteiger partial charge in [0, 0.05) is 6.07 Å². The van der Waals surface area contributed by atoms with E-state index in [2.05, 4.69) is 10.2 Å². The summed E-state index contributed by atoms with van der Waals surface area (Å²) in [4.78, 5) is 0. The van der Waals surface area contributed by atoms with E-state index in [4.69, 9.17) is 11.6 Å². The van der Waals surface area contributed by atoms with Crippen molar-refractivity contribution >= 4 is 11.6 Å². The monoisotopic (exact) mass is 243 g/mol. The zero-order chi connectivity index (χ0) is 11.9. The molecule has 1 aromatic carbocycles. The maximum atomic E-state index is 13.7.